The van der Waals surface area contributed by atoms with Gasteiger partial charge in [0.1, 0.15) is 0 Å². The molecule has 0 unspecified atom stereocenters. The monoisotopic (exact) mass is 954 g/mol. The largest absolute Gasteiger partial charge is 0.245 e. The Kier molecular flexibility index (Phi) is 11.5. The summed E-state index contributed by atoms with van der Waals surface area (Å²) in [5.74, 6) is 0. The Bertz CT molecular complexity index is 3740. The van der Waals surface area contributed by atoms with Crippen molar-refractivity contribution in [2.24, 2.45) is 0 Å². The maximum absolute atomic E-state index is 5.33. The molecule has 0 aliphatic heterocycles. The van der Waals surface area contributed by atoms with Crippen molar-refractivity contribution in [3.8, 4) is 45.0 Å². The Morgan fingerprint density at radius 1 is 0.194 bits per heavy atom. The first-order valence-corrected chi connectivity index (χ1v) is 26.9. The zero-order chi connectivity index (χ0) is 47.8. The second-order valence-electron chi connectivity index (χ2n) is 17.9. The normalized spacial score (nSPS) is 11.6. The summed E-state index contributed by atoms with van der Waals surface area (Å²) in [5, 5.41) is 12.1. The fraction of sp³-hybridized carbons (Fsp3) is 0. The number of fused-ring (bicyclic) bond motifs is 6. The fourth-order valence-corrected chi connectivity index (χ4v) is 14.3. The SMILES string of the molecule is c1ccc(P(c2ccccc2)c2ccc(-c3ccc4ccc5ccc(-c6cccc(-c7ccc8ccc9ccc(-c%10ccc(P(c%11ccccc%11)c%11ccccc%11)cc%10)nc9c8n7)c6)nc5c4n3)cc2)cc1. The minimum atomic E-state index is -0.698. The van der Waals surface area contributed by atoms with Gasteiger partial charge in [0.15, 0.2) is 0 Å². The smallest absolute Gasteiger partial charge is 0.0972 e. The Morgan fingerprint density at radius 2 is 0.444 bits per heavy atom. The predicted octanol–water partition coefficient (Wildman–Crippen LogP) is 14.1. The lowest BCUT2D eigenvalue weighted by molar-refractivity contribution is 1.35. The number of pyridine rings is 4. The van der Waals surface area contributed by atoms with Gasteiger partial charge in [-0.3, -0.25) is 0 Å². The molecule has 9 aromatic carbocycles. The maximum atomic E-state index is 5.33. The molecular weight excluding hydrogens is 911 g/mol. The number of hydrogen-bond donors (Lipinski definition) is 0. The Hall–Kier alpha value is -8.52. The van der Waals surface area contributed by atoms with Crippen molar-refractivity contribution >= 4 is 91.3 Å². The van der Waals surface area contributed by atoms with Crippen LogP contribution in [0.2, 0.25) is 0 Å². The Morgan fingerprint density at radius 3 is 0.736 bits per heavy atom. The molecule has 6 heteroatoms. The summed E-state index contributed by atoms with van der Waals surface area (Å²) in [6.45, 7) is 0. The molecule has 0 saturated carbocycles. The van der Waals surface area contributed by atoms with Gasteiger partial charge in [-0.2, -0.15) is 0 Å². The number of rotatable bonds is 10. The molecule has 4 aromatic heterocycles. The van der Waals surface area contributed by atoms with Crippen LogP contribution in [0.25, 0.3) is 88.6 Å². The van der Waals surface area contributed by atoms with Crippen LogP contribution in [0, 0.1) is 0 Å². The van der Waals surface area contributed by atoms with Gasteiger partial charge in [0, 0.05) is 43.8 Å². The maximum Gasteiger partial charge on any atom is 0.0972 e. The van der Waals surface area contributed by atoms with Crippen LogP contribution in [0.3, 0.4) is 0 Å². The van der Waals surface area contributed by atoms with Crippen molar-refractivity contribution in [3.63, 3.8) is 0 Å². The highest BCUT2D eigenvalue weighted by atomic mass is 31.1. The topological polar surface area (TPSA) is 51.6 Å². The summed E-state index contributed by atoms with van der Waals surface area (Å²) in [6.07, 6.45) is 0. The third kappa shape index (κ3) is 8.41. The van der Waals surface area contributed by atoms with E-state index in [2.05, 4.69) is 267 Å². The molecule has 0 bridgehead atoms. The molecule has 0 spiro atoms. The second kappa shape index (κ2) is 19.0. The van der Waals surface area contributed by atoms with Crippen LogP contribution in [-0.4, -0.2) is 19.9 Å². The number of aromatic nitrogens is 4. The van der Waals surface area contributed by atoms with Crippen LogP contribution in [0.5, 0.6) is 0 Å². The molecule has 72 heavy (non-hydrogen) atoms. The fourth-order valence-electron chi connectivity index (χ4n) is 9.78. The van der Waals surface area contributed by atoms with E-state index in [1.165, 1.54) is 31.8 Å². The minimum absolute atomic E-state index is 0.698. The molecular formula is C66H44N4P2. The summed E-state index contributed by atoms with van der Waals surface area (Å²) in [7, 11) is -1.40. The van der Waals surface area contributed by atoms with Gasteiger partial charge in [0.25, 0.3) is 0 Å². The summed E-state index contributed by atoms with van der Waals surface area (Å²) in [6, 6.07) is 95.5. The first-order valence-electron chi connectivity index (χ1n) is 24.2. The lowest BCUT2D eigenvalue weighted by Crippen LogP contribution is -2.20. The third-order valence-corrected chi connectivity index (χ3v) is 18.3. The van der Waals surface area contributed by atoms with Gasteiger partial charge in [-0.1, -0.05) is 237 Å². The molecule has 0 amide bonds. The molecule has 0 saturated heterocycles. The van der Waals surface area contributed by atoms with Gasteiger partial charge >= 0.3 is 0 Å². The molecule has 4 nitrogen and oxygen atoms in total. The van der Waals surface area contributed by atoms with E-state index in [0.29, 0.717) is 0 Å². The van der Waals surface area contributed by atoms with E-state index in [1.54, 1.807) is 0 Å². The van der Waals surface area contributed by atoms with Crippen LogP contribution in [0.15, 0.2) is 267 Å². The first-order chi connectivity index (χ1) is 35.7. The van der Waals surface area contributed by atoms with Crippen LogP contribution < -0.4 is 31.8 Å². The van der Waals surface area contributed by atoms with E-state index in [0.717, 1.165) is 88.6 Å². The molecule has 0 aliphatic carbocycles. The standard InChI is InChI=1S/C66H44N4P2/c1-5-16-53(17-6-1)71(54-18-7-2-8-19-54)57-36-28-45(29-37-57)59-40-32-47-24-26-49-34-42-61(69-65(49)63(47)67-59)51-14-13-15-52(44-51)62-43-35-50-27-25-48-33-41-60(68-64(48)66(50)70-62)46-30-38-58(39-31-46)72(55-20-9-3-10-21-55)56-22-11-4-12-23-56/h1-44H. The van der Waals surface area contributed by atoms with E-state index < -0.39 is 15.8 Å². The number of benzene rings is 9. The van der Waals surface area contributed by atoms with E-state index in [1.807, 2.05) is 0 Å². The van der Waals surface area contributed by atoms with Gasteiger partial charge < -0.3 is 0 Å². The highest BCUT2D eigenvalue weighted by molar-refractivity contribution is 7.80. The highest BCUT2D eigenvalue weighted by Gasteiger charge is 2.19. The second-order valence-corrected chi connectivity index (χ2v) is 22.3. The quantitative estimate of drug-likeness (QED) is 0.101. The summed E-state index contributed by atoms with van der Waals surface area (Å²) in [5.41, 5.74) is 11.3. The lowest BCUT2D eigenvalue weighted by Gasteiger charge is -2.19. The minimum Gasteiger partial charge on any atom is -0.245 e. The van der Waals surface area contributed by atoms with Crippen molar-refractivity contribution in [3.05, 3.63) is 267 Å². The number of nitrogens with zero attached hydrogens (tertiary/aromatic N) is 4. The van der Waals surface area contributed by atoms with Crippen molar-refractivity contribution in [2.45, 2.75) is 0 Å². The third-order valence-electron chi connectivity index (χ3n) is 13.4. The lowest BCUT2D eigenvalue weighted by atomic mass is 10.0. The molecule has 0 aliphatic rings. The molecule has 0 fully saturated rings. The zero-order valence-electron chi connectivity index (χ0n) is 39.1. The van der Waals surface area contributed by atoms with Crippen molar-refractivity contribution in [2.75, 3.05) is 0 Å². The van der Waals surface area contributed by atoms with E-state index >= 15 is 0 Å². The van der Waals surface area contributed by atoms with Crippen molar-refractivity contribution < 1.29 is 0 Å². The van der Waals surface area contributed by atoms with Crippen molar-refractivity contribution in [1.29, 1.82) is 0 Å². The number of hydrogen-bond acceptors (Lipinski definition) is 4. The van der Waals surface area contributed by atoms with Gasteiger partial charge in [-0.15, -0.1) is 0 Å². The first kappa shape index (κ1) is 43.5. The zero-order valence-corrected chi connectivity index (χ0v) is 40.9. The predicted molar refractivity (Wildman–Crippen MR) is 307 cm³/mol. The molecule has 0 radical (unpaired) electrons. The average molecular weight is 955 g/mol. The van der Waals surface area contributed by atoms with Crippen LogP contribution in [-0.2, 0) is 0 Å². The average Bonchev–Trinajstić information content (AvgIpc) is 3.46. The van der Waals surface area contributed by atoms with Crippen LogP contribution in [0.1, 0.15) is 0 Å². The van der Waals surface area contributed by atoms with Gasteiger partial charge in [-0.05, 0) is 78.0 Å². The molecule has 13 aromatic rings. The van der Waals surface area contributed by atoms with Gasteiger partial charge in [-0.25, -0.2) is 19.9 Å². The van der Waals surface area contributed by atoms with E-state index in [4.69, 9.17) is 19.9 Å². The summed E-state index contributed by atoms with van der Waals surface area (Å²) in [4.78, 5) is 21.3. The molecule has 13 rings (SSSR count). The van der Waals surface area contributed by atoms with Crippen molar-refractivity contribution in [1.82, 2.24) is 19.9 Å². The summed E-state index contributed by atoms with van der Waals surface area (Å²) < 4.78 is 0. The summed E-state index contributed by atoms with van der Waals surface area (Å²) >= 11 is 0. The highest BCUT2D eigenvalue weighted by Crippen LogP contribution is 2.37. The Balaban J connectivity index is 0.813. The van der Waals surface area contributed by atoms with E-state index in [-0.39, 0.29) is 0 Å². The molecule has 0 atom stereocenters. The van der Waals surface area contributed by atoms with E-state index in [9.17, 15) is 0 Å². The van der Waals surface area contributed by atoms with Gasteiger partial charge in [0.2, 0.25) is 0 Å². The van der Waals surface area contributed by atoms with Gasteiger partial charge in [0.05, 0.1) is 44.8 Å². The molecule has 4 heterocycles. The Labute approximate surface area is 420 Å². The molecule has 338 valence electrons. The van der Waals surface area contributed by atoms with Crippen LogP contribution >= 0.6 is 15.8 Å². The molecule has 0 N–H and O–H groups in total. The van der Waals surface area contributed by atoms with Crippen LogP contribution in [0.4, 0.5) is 0 Å².